The maximum atomic E-state index is 11.5. The summed E-state index contributed by atoms with van der Waals surface area (Å²) >= 11 is 5.92. The minimum atomic E-state index is -0.126. The highest BCUT2D eigenvalue weighted by Crippen LogP contribution is 2.18. The molecule has 2 rings (SSSR count). The maximum absolute atomic E-state index is 11.5. The van der Waals surface area contributed by atoms with Crippen LogP contribution in [-0.4, -0.2) is 9.97 Å². The van der Waals surface area contributed by atoms with Crippen molar-refractivity contribution in [3.05, 3.63) is 51.4 Å². The first-order valence-electron chi connectivity index (χ1n) is 5.55. The van der Waals surface area contributed by atoms with Gasteiger partial charge in [-0.25, -0.2) is 4.98 Å². The summed E-state index contributed by atoms with van der Waals surface area (Å²) in [6, 6.07) is 8.83. The normalized spacial score (nSPS) is 10.5. The van der Waals surface area contributed by atoms with Gasteiger partial charge in [-0.2, -0.15) is 0 Å². The van der Waals surface area contributed by atoms with E-state index in [1.54, 1.807) is 12.1 Å². The Morgan fingerprint density at radius 1 is 1.35 bits per heavy atom. The number of benzene rings is 1. The van der Waals surface area contributed by atoms with Crippen molar-refractivity contribution in [2.24, 2.45) is 0 Å². The molecule has 0 atom stereocenters. The van der Waals surface area contributed by atoms with E-state index in [0.717, 1.165) is 24.1 Å². The number of aromatic nitrogens is 2. The summed E-state index contributed by atoms with van der Waals surface area (Å²) in [5.41, 5.74) is 1.51. The zero-order valence-electron chi connectivity index (χ0n) is 9.53. The van der Waals surface area contributed by atoms with Crippen LogP contribution in [-0.2, 0) is 6.42 Å². The molecule has 0 saturated heterocycles. The number of halogens is 1. The van der Waals surface area contributed by atoms with Gasteiger partial charge in [0.15, 0.2) is 0 Å². The Morgan fingerprint density at radius 2 is 2.18 bits per heavy atom. The number of rotatable bonds is 3. The van der Waals surface area contributed by atoms with Crippen LogP contribution < -0.4 is 5.56 Å². The summed E-state index contributed by atoms with van der Waals surface area (Å²) in [5, 5.41) is 0.631. The van der Waals surface area contributed by atoms with Crippen molar-refractivity contribution in [2.75, 3.05) is 0 Å². The van der Waals surface area contributed by atoms with Crippen LogP contribution in [0.25, 0.3) is 11.4 Å². The van der Waals surface area contributed by atoms with Gasteiger partial charge in [0.05, 0.1) is 0 Å². The van der Waals surface area contributed by atoms with E-state index in [9.17, 15) is 4.79 Å². The molecule has 0 spiro atoms. The van der Waals surface area contributed by atoms with Gasteiger partial charge in [0.1, 0.15) is 5.82 Å². The van der Waals surface area contributed by atoms with Crippen LogP contribution in [0.2, 0.25) is 5.02 Å². The van der Waals surface area contributed by atoms with Gasteiger partial charge < -0.3 is 4.98 Å². The fourth-order valence-corrected chi connectivity index (χ4v) is 1.85. The minimum Gasteiger partial charge on any atom is -0.307 e. The van der Waals surface area contributed by atoms with Crippen molar-refractivity contribution < 1.29 is 0 Å². The van der Waals surface area contributed by atoms with Crippen LogP contribution in [0.1, 0.15) is 19.0 Å². The molecule has 4 heteroatoms. The number of aromatic amines is 1. The zero-order chi connectivity index (χ0) is 12.3. The summed E-state index contributed by atoms with van der Waals surface area (Å²) < 4.78 is 0. The molecule has 0 aliphatic heterocycles. The molecule has 3 nitrogen and oxygen atoms in total. The van der Waals surface area contributed by atoms with E-state index < -0.39 is 0 Å². The molecule has 0 aliphatic rings. The molecule has 17 heavy (non-hydrogen) atoms. The topological polar surface area (TPSA) is 45.8 Å². The highest BCUT2D eigenvalue weighted by atomic mass is 35.5. The molecule has 0 unspecified atom stereocenters. The van der Waals surface area contributed by atoms with Gasteiger partial charge in [-0.1, -0.05) is 37.1 Å². The maximum Gasteiger partial charge on any atom is 0.251 e. The van der Waals surface area contributed by atoms with Crippen LogP contribution >= 0.6 is 11.6 Å². The minimum absolute atomic E-state index is 0.126. The van der Waals surface area contributed by atoms with Crippen molar-refractivity contribution in [1.82, 2.24) is 9.97 Å². The Balaban J connectivity index is 2.48. The number of nitrogens with zero attached hydrogens (tertiary/aromatic N) is 1. The lowest BCUT2D eigenvalue weighted by Gasteiger charge is -2.03. The third-order valence-electron chi connectivity index (χ3n) is 2.40. The van der Waals surface area contributed by atoms with Crippen LogP contribution in [0.5, 0.6) is 0 Å². The van der Waals surface area contributed by atoms with Gasteiger partial charge in [-0.05, 0) is 18.6 Å². The van der Waals surface area contributed by atoms with Gasteiger partial charge in [0, 0.05) is 22.3 Å². The van der Waals surface area contributed by atoms with E-state index >= 15 is 0 Å². The SMILES string of the molecule is CCCc1cc(=O)[nH]c(-c2cccc(Cl)c2)n1. The van der Waals surface area contributed by atoms with Gasteiger partial charge in [0.2, 0.25) is 0 Å². The second-order valence-electron chi connectivity index (χ2n) is 3.85. The Labute approximate surface area is 104 Å². The number of hydrogen-bond donors (Lipinski definition) is 1. The fraction of sp³-hybridized carbons (Fsp3) is 0.231. The van der Waals surface area contributed by atoms with Crippen molar-refractivity contribution in [1.29, 1.82) is 0 Å². The smallest absolute Gasteiger partial charge is 0.251 e. The fourth-order valence-electron chi connectivity index (χ4n) is 1.66. The lowest BCUT2D eigenvalue weighted by Crippen LogP contribution is -2.10. The molecule has 0 saturated carbocycles. The third-order valence-corrected chi connectivity index (χ3v) is 2.63. The molecule has 1 heterocycles. The highest BCUT2D eigenvalue weighted by Gasteiger charge is 2.04. The standard InChI is InChI=1S/C13H13ClN2O/c1-2-4-11-8-12(17)16-13(15-11)9-5-3-6-10(14)7-9/h3,5-8H,2,4H2,1H3,(H,15,16,17). The van der Waals surface area contributed by atoms with E-state index in [2.05, 4.69) is 16.9 Å². The van der Waals surface area contributed by atoms with Crippen LogP contribution in [0.15, 0.2) is 35.1 Å². The molecule has 0 fully saturated rings. The number of H-pyrrole nitrogens is 1. The molecule has 0 amide bonds. The van der Waals surface area contributed by atoms with Crippen LogP contribution in [0.4, 0.5) is 0 Å². The average molecular weight is 249 g/mol. The summed E-state index contributed by atoms with van der Waals surface area (Å²) in [7, 11) is 0. The van der Waals surface area contributed by atoms with E-state index in [1.807, 2.05) is 12.1 Å². The van der Waals surface area contributed by atoms with E-state index in [0.29, 0.717) is 10.8 Å². The van der Waals surface area contributed by atoms with Crippen molar-refractivity contribution in [2.45, 2.75) is 19.8 Å². The molecule has 1 aromatic heterocycles. The molecule has 0 radical (unpaired) electrons. The summed E-state index contributed by atoms with van der Waals surface area (Å²) in [6.45, 7) is 2.06. The monoisotopic (exact) mass is 248 g/mol. The number of nitrogens with one attached hydrogen (secondary N) is 1. The first-order chi connectivity index (χ1) is 8.19. The van der Waals surface area contributed by atoms with Crippen LogP contribution in [0, 0.1) is 0 Å². The Bertz CT molecular complexity index is 578. The second-order valence-corrected chi connectivity index (χ2v) is 4.28. The van der Waals surface area contributed by atoms with Gasteiger partial charge in [-0.15, -0.1) is 0 Å². The van der Waals surface area contributed by atoms with Crippen LogP contribution in [0.3, 0.4) is 0 Å². The molecule has 1 aromatic carbocycles. The molecule has 0 aliphatic carbocycles. The summed E-state index contributed by atoms with van der Waals surface area (Å²) in [5.74, 6) is 0.573. The zero-order valence-corrected chi connectivity index (χ0v) is 10.3. The lowest BCUT2D eigenvalue weighted by molar-refractivity contribution is 0.870. The first kappa shape index (κ1) is 11.9. The van der Waals surface area contributed by atoms with E-state index in [1.165, 1.54) is 6.07 Å². The quantitative estimate of drug-likeness (QED) is 0.908. The number of aryl methyl sites for hydroxylation is 1. The molecule has 2 aromatic rings. The molecule has 88 valence electrons. The second kappa shape index (κ2) is 5.15. The molecular formula is C13H13ClN2O. The van der Waals surface area contributed by atoms with Crippen molar-refractivity contribution in [3.8, 4) is 11.4 Å². The summed E-state index contributed by atoms with van der Waals surface area (Å²) in [4.78, 5) is 18.7. The Kier molecular flexibility index (Phi) is 3.59. The Hall–Kier alpha value is -1.61. The van der Waals surface area contributed by atoms with Gasteiger partial charge in [0.25, 0.3) is 5.56 Å². The van der Waals surface area contributed by atoms with Gasteiger partial charge in [-0.3, -0.25) is 4.79 Å². The highest BCUT2D eigenvalue weighted by molar-refractivity contribution is 6.30. The van der Waals surface area contributed by atoms with Crippen molar-refractivity contribution in [3.63, 3.8) is 0 Å². The molecular weight excluding hydrogens is 236 g/mol. The summed E-state index contributed by atoms with van der Waals surface area (Å²) in [6.07, 6.45) is 1.77. The van der Waals surface area contributed by atoms with E-state index in [-0.39, 0.29) is 5.56 Å². The predicted octanol–water partition coefficient (Wildman–Crippen LogP) is 3.04. The van der Waals surface area contributed by atoms with E-state index in [4.69, 9.17) is 11.6 Å². The van der Waals surface area contributed by atoms with Crippen molar-refractivity contribution >= 4 is 11.6 Å². The Morgan fingerprint density at radius 3 is 2.88 bits per heavy atom. The molecule has 0 bridgehead atoms. The predicted molar refractivity (Wildman–Crippen MR) is 69.3 cm³/mol. The first-order valence-corrected chi connectivity index (χ1v) is 5.93. The average Bonchev–Trinajstić information content (AvgIpc) is 2.28. The lowest BCUT2D eigenvalue weighted by atomic mass is 10.2. The van der Waals surface area contributed by atoms with Gasteiger partial charge >= 0.3 is 0 Å². The number of hydrogen-bond acceptors (Lipinski definition) is 2. The largest absolute Gasteiger partial charge is 0.307 e. The molecule has 1 N–H and O–H groups in total. The third kappa shape index (κ3) is 2.94.